The normalized spacial score (nSPS) is 18.0. The zero-order valence-corrected chi connectivity index (χ0v) is 14.3. The number of aryl methyl sites for hydroxylation is 1. The van der Waals surface area contributed by atoms with Crippen LogP contribution in [0.15, 0.2) is 22.7 Å². The van der Waals surface area contributed by atoms with Gasteiger partial charge in [0.15, 0.2) is 0 Å². The van der Waals surface area contributed by atoms with Crippen LogP contribution in [0.5, 0.6) is 5.75 Å². The molecule has 21 heavy (non-hydrogen) atoms. The second kappa shape index (κ2) is 7.80. The summed E-state index contributed by atoms with van der Waals surface area (Å²) in [6.45, 7) is 1.79. The maximum absolute atomic E-state index is 12.4. The number of methoxy groups -OCH3 is 1. The number of benzene rings is 1. The van der Waals surface area contributed by atoms with E-state index in [-0.39, 0.29) is 5.91 Å². The monoisotopic (exact) mass is 354 g/mol. The van der Waals surface area contributed by atoms with E-state index in [0.717, 1.165) is 48.1 Å². The summed E-state index contributed by atoms with van der Waals surface area (Å²) in [5.74, 6) is 1.08. The molecule has 5 heteroatoms. The van der Waals surface area contributed by atoms with Gasteiger partial charge in [-0.1, -0.05) is 6.07 Å². The summed E-state index contributed by atoms with van der Waals surface area (Å²) in [7, 11) is 3.59. The maximum Gasteiger partial charge on any atom is 0.223 e. The average Bonchev–Trinajstić information content (AvgIpc) is 2.93. The molecule has 1 heterocycles. The Hall–Kier alpha value is -1.07. The second-order valence-electron chi connectivity index (χ2n) is 5.41. The van der Waals surface area contributed by atoms with Gasteiger partial charge in [0.2, 0.25) is 5.91 Å². The highest BCUT2D eigenvalue weighted by atomic mass is 79.9. The Morgan fingerprint density at radius 3 is 3.00 bits per heavy atom. The van der Waals surface area contributed by atoms with Crippen molar-refractivity contribution in [1.82, 2.24) is 10.2 Å². The molecule has 4 nitrogen and oxygen atoms in total. The Bertz CT molecular complexity index is 493. The number of nitrogens with one attached hydrogen (secondary N) is 1. The van der Waals surface area contributed by atoms with E-state index in [0.29, 0.717) is 12.5 Å². The molecule has 1 aliphatic rings. The molecular formula is C16H23BrN2O2. The molecule has 1 aromatic rings. The Kier molecular flexibility index (Phi) is 6.06. The largest absolute Gasteiger partial charge is 0.496 e. The van der Waals surface area contributed by atoms with Gasteiger partial charge in [-0.25, -0.2) is 0 Å². The minimum atomic E-state index is 0.264. The highest BCUT2D eigenvalue weighted by Crippen LogP contribution is 2.26. The second-order valence-corrected chi connectivity index (χ2v) is 6.26. The molecule has 1 atom stereocenters. The third-order valence-corrected chi connectivity index (χ3v) is 4.60. The lowest BCUT2D eigenvalue weighted by molar-refractivity contribution is -0.131. The zero-order chi connectivity index (χ0) is 15.2. The summed E-state index contributed by atoms with van der Waals surface area (Å²) in [4.78, 5) is 14.4. The first-order valence-electron chi connectivity index (χ1n) is 7.42. The first kappa shape index (κ1) is 16.3. The van der Waals surface area contributed by atoms with Crippen molar-refractivity contribution in [3.05, 3.63) is 28.2 Å². The Labute approximate surface area is 135 Å². The lowest BCUT2D eigenvalue weighted by Crippen LogP contribution is -2.40. The quantitative estimate of drug-likeness (QED) is 0.853. The van der Waals surface area contributed by atoms with Crippen molar-refractivity contribution in [2.75, 3.05) is 27.2 Å². The van der Waals surface area contributed by atoms with Gasteiger partial charge in [0.05, 0.1) is 11.6 Å². The number of hydrogen-bond donors (Lipinski definition) is 1. The maximum atomic E-state index is 12.4. The molecule has 116 valence electrons. The summed E-state index contributed by atoms with van der Waals surface area (Å²) < 4.78 is 6.15. The molecule has 0 aromatic heterocycles. The highest BCUT2D eigenvalue weighted by Gasteiger charge is 2.27. The molecule has 1 amide bonds. The fourth-order valence-corrected chi connectivity index (χ4v) is 3.46. The first-order chi connectivity index (χ1) is 10.2. The van der Waals surface area contributed by atoms with Gasteiger partial charge in [-0.15, -0.1) is 0 Å². The molecule has 0 saturated carbocycles. The molecule has 1 aromatic carbocycles. The van der Waals surface area contributed by atoms with E-state index >= 15 is 0 Å². The summed E-state index contributed by atoms with van der Waals surface area (Å²) in [6, 6.07) is 6.35. The van der Waals surface area contributed by atoms with E-state index in [1.807, 2.05) is 30.1 Å². The molecule has 1 saturated heterocycles. The van der Waals surface area contributed by atoms with Crippen molar-refractivity contribution in [2.45, 2.75) is 31.7 Å². The number of likely N-dealkylation sites (N-methyl/N-ethyl adjacent to an activating group) is 1. The number of amides is 1. The predicted octanol–water partition coefficient (Wildman–Crippen LogP) is 2.60. The standard InChI is InChI=1S/C16H23BrN2O2/c1-18-11-13-4-3-9-19(13)16(20)8-6-12-5-7-15(21-2)14(17)10-12/h5,7,10,13,18H,3-4,6,8-9,11H2,1-2H3/t13-/m1/s1. The number of likely N-dealkylation sites (tertiary alicyclic amines) is 1. The van der Waals surface area contributed by atoms with E-state index in [9.17, 15) is 4.79 Å². The molecule has 0 unspecified atom stereocenters. The summed E-state index contributed by atoms with van der Waals surface area (Å²) in [5.41, 5.74) is 1.15. The lowest BCUT2D eigenvalue weighted by Gasteiger charge is -2.24. The highest BCUT2D eigenvalue weighted by molar-refractivity contribution is 9.10. The topological polar surface area (TPSA) is 41.6 Å². The van der Waals surface area contributed by atoms with Crippen LogP contribution in [-0.4, -0.2) is 44.1 Å². The van der Waals surface area contributed by atoms with Gasteiger partial charge < -0.3 is 15.0 Å². The Morgan fingerprint density at radius 1 is 1.52 bits per heavy atom. The third-order valence-electron chi connectivity index (χ3n) is 3.98. The van der Waals surface area contributed by atoms with Gasteiger partial charge >= 0.3 is 0 Å². The van der Waals surface area contributed by atoms with Crippen LogP contribution in [0.3, 0.4) is 0 Å². The van der Waals surface area contributed by atoms with Crippen molar-refractivity contribution < 1.29 is 9.53 Å². The number of rotatable bonds is 6. The minimum absolute atomic E-state index is 0.264. The lowest BCUT2D eigenvalue weighted by atomic mass is 10.1. The fourth-order valence-electron chi connectivity index (χ4n) is 2.87. The molecule has 2 rings (SSSR count). The first-order valence-corrected chi connectivity index (χ1v) is 8.21. The predicted molar refractivity (Wildman–Crippen MR) is 87.7 cm³/mol. The van der Waals surface area contributed by atoms with Crippen LogP contribution in [0.1, 0.15) is 24.8 Å². The van der Waals surface area contributed by atoms with Crippen LogP contribution in [-0.2, 0) is 11.2 Å². The molecule has 1 fully saturated rings. The van der Waals surface area contributed by atoms with Crippen molar-refractivity contribution in [1.29, 1.82) is 0 Å². The smallest absolute Gasteiger partial charge is 0.223 e. The molecule has 0 bridgehead atoms. The molecule has 1 N–H and O–H groups in total. The number of nitrogens with zero attached hydrogens (tertiary/aromatic N) is 1. The van der Waals surface area contributed by atoms with Crippen LogP contribution < -0.4 is 10.1 Å². The number of carbonyl (C=O) groups excluding carboxylic acids is 1. The summed E-state index contributed by atoms with van der Waals surface area (Å²) in [6.07, 6.45) is 3.57. The van der Waals surface area contributed by atoms with Gasteiger partial charge in [-0.2, -0.15) is 0 Å². The van der Waals surface area contributed by atoms with Crippen LogP contribution >= 0.6 is 15.9 Å². The van der Waals surface area contributed by atoms with Crippen LogP contribution in [0.25, 0.3) is 0 Å². The van der Waals surface area contributed by atoms with Crippen LogP contribution in [0, 0.1) is 0 Å². The molecular weight excluding hydrogens is 332 g/mol. The Morgan fingerprint density at radius 2 is 2.33 bits per heavy atom. The van der Waals surface area contributed by atoms with Gasteiger partial charge in [0, 0.05) is 25.6 Å². The molecule has 1 aliphatic heterocycles. The van der Waals surface area contributed by atoms with Crippen LogP contribution in [0.4, 0.5) is 0 Å². The average molecular weight is 355 g/mol. The number of ether oxygens (including phenoxy) is 1. The summed E-state index contributed by atoms with van der Waals surface area (Å²) in [5, 5.41) is 3.17. The zero-order valence-electron chi connectivity index (χ0n) is 12.7. The Balaban J connectivity index is 1.90. The van der Waals surface area contributed by atoms with Crippen molar-refractivity contribution in [2.24, 2.45) is 0 Å². The van der Waals surface area contributed by atoms with Crippen molar-refractivity contribution in [3.63, 3.8) is 0 Å². The fraction of sp³-hybridized carbons (Fsp3) is 0.562. The van der Waals surface area contributed by atoms with E-state index in [2.05, 4.69) is 21.2 Å². The summed E-state index contributed by atoms with van der Waals surface area (Å²) >= 11 is 3.48. The number of carbonyl (C=O) groups is 1. The number of halogens is 1. The van der Waals surface area contributed by atoms with Gasteiger partial charge in [-0.05, 0) is 59.9 Å². The van der Waals surface area contributed by atoms with E-state index in [1.54, 1.807) is 7.11 Å². The van der Waals surface area contributed by atoms with E-state index in [4.69, 9.17) is 4.74 Å². The van der Waals surface area contributed by atoms with Gasteiger partial charge in [-0.3, -0.25) is 4.79 Å². The van der Waals surface area contributed by atoms with Gasteiger partial charge in [0.25, 0.3) is 0 Å². The molecule has 0 aliphatic carbocycles. The SMILES string of the molecule is CNC[C@H]1CCCN1C(=O)CCc1ccc(OC)c(Br)c1. The van der Waals surface area contributed by atoms with E-state index < -0.39 is 0 Å². The van der Waals surface area contributed by atoms with Crippen LogP contribution in [0.2, 0.25) is 0 Å². The molecule has 0 radical (unpaired) electrons. The minimum Gasteiger partial charge on any atom is -0.496 e. The third kappa shape index (κ3) is 4.20. The van der Waals surface area contributed by atoms with E-state index in [1.165, 1.54) is 0 Å². The molecule has 0 spiro atoms. The van der Waals surface area contributed by atoms with Crippen molar-refractivity contribution >= 4 is 21.8 Å². The van der Waals surface area contributed by atoms with Crippen molar-refractivity contribution in [3.8, 4) is 5.75 Å². The number of hydrogen-bond acceptors (Lipinski definition) is 3. The van der Waals surface area contributed by atoms with Gasteiger partial charge in [0.1, 0.15) is 5.75 Å².